The van der Waals surface area contributed by atoms with Gasteiger partial charge in [0.2, 0.25) is 11.8 Å². The van der Waals surface area contributed by atoms with Gasteiger partial charge in [-0.2, -0.15) is 0 Å². The summed E-state index contributed by atoms with van der Waals surface area (Å²) < 4.78 is 23.5. The highest BCUT2D eigenvalue weighted by Gasteiger charge is 2.73. The third-order valence-electron chi connectivity index (χ3n) is 9.51. The molecule has 2 aromatic carbocycles. The Morgan fingerprint density at radius 1 is 1.00 bits per heavy atom. The predicted molar refractivity (Wildman–Crippen MR) is 174 cm³/mol. The monoisotopic (exact) mass is 659 g/mol. The van der Waals surface area contributed by atoms with Crippen molar-refractivity contribution in [1.82, 2.24) is 10.2 Å². The minimum atomic E-state index is -1.43. The Hall–Kier alpha value is -4.52. The molecule has 12 heteroatoms. The van der Waals surface area contributed by atoms with Crippen molar-refractivity contribution < 1.29 is 43.2 Å². The lowest BCUT2D eigenvalue weighted by molar-refractivity contribution is -0.162. The minimum absolute atomic E-state index is 0.0630. The summed E-state index contributed by atoms with van der Waals surface area (Å²) >= 11 is 0. The van der Waals surface area contributed by atoms with Crippen LogP contribution in [0.15, 0.2) is 78.9 Å². The summed E-state index contributed by atoms with van der Waals surface area (Å²) in [5, 5.41) is 12.7. The number of methoxy groups -OCH3 is 2. The number of hydrogen-bond donors (Lipinski definition) is 2. The fraction of sp³-hybridized carbons (Fsp3) is 0.444. The molecule has 0 radical (unpaired) electrons. The van der Waals surface area contributed by atoms with E-state index in [1.54, 1.807) is 60.6 Å². The Morgan fingerprint density at radius 3 is 2.48 bits per heavy atom. The average molecular weight is 660 g/mol. The van der Waals surface area contributed by atoms with Gasteiger partial charge in [0.1, 0.15) is 29.4 Å². The van der Waals surface area contributed by atoms with E-state index in [-0.39, 0.29) is 45.1 Å². The number of likely N-dealkylation sites (tertiary alicyclic amines) is 1. The van der Waals surface area contributed by atoms with Crippen LogP contribution < -0.4 is 15.0 Å². The van der Waals surface area contributed by atoms with Crippen molar-refractivity contribution >= 4 is 29.4 Å². The van der Waals surface area contributed by atoms with Gasteiger partial charge >= 0.3 is 5.97 Å². The maximum Gasteiger partial charge on any atom is 0.313 e. The SMILES string of the molecule is COC[C@H]1NC(=O)CC/C=C\CN(c2ccc(OC)cc2)C(=O)[C@@H]2N(CCCO)C(=O)[C@H]3[C@H](C(=O)O[C@@H]1c1ccccc1)[C@@H]1C=C[C@]23O1. The van der Waals surface area contributed by atoms with Crippen molar-refractivity contribution in [1.29, 1.82) is 0 Å². The summed E-state index contributed by atoms with van der Waals surface area (Å²) in [5.41, 5.74) is -0.218. The number of hydrogen-bond acceptors (Lipinski definition) is 9. The van der Waals surface area contributed by atoms with Gasteiger partial charge in [0.05, 0.1) is 31.8 Å². The molecular weight excluding hydrogens is 618 g/mol. The molecule has 6 rings (SSSR count). The Labute approximate surface area is 279 Å². The van der Waals surface area contributed by atoms with Crippen molar-refractivity contribution in [3.05, 3.63) is 84.5 Å². The number of aliphatic hydroxyl groups is 1. The molecule has 1 spiro atoms. The first-order valence-electron chi connectivity index (χ1n) is 16.3. The molecule has 4 aliphatic heterocycles. The van der Waals surface area contributed by atoms with E-state index in [1.807, 2.05) is 30.4 Å². The van der Waals surface area contributed by atoms with Crippen LogP contribution in [0.1, 0.15) is 30.9 Å². The van der Waals surface area contributed by atoms with E-state index in [2.05, 4.69) is 5.32 Å². The smallest absolute Gasteiger partial charge is 0.313 e. The molecule has 2 saturated heterocycles. The molecule has 254 valence electrons. The van der Waals surface area contributed by atoms with Gasteiger partial charge in [-0.15, -0.1) is 0 Å². The predicted octanol–water partition coefficient (Wildman–Crippen LogP) is 2.33. The number of amides is 3. The van der Waals surface area contributed by atoms with E-state index in [0.717, 1.165) is 0 Å². The molecule has 2 N–H and O–H groups in total. The van der Waals surface area contributed by atoms with Crippen LogP contribution in [0.3, 0.4) is 0 Å². The highest BCUT2D eigenvalue weighted by molar-refractivity contribution is 6.05. The van der Waals surface area contributed by atoms with E-state index >= 15 is 0 Å². The highest BCUT2D eigenvalue weighted by Crippen LogP contribution is 2.56. The second-order valence-electron chi connectivity index (χ2n) is 12.4. The average Bonchev–Trinajstić information content (AvgIpc) is 3.74. The summed E-state index contributed by atoms with van der Waals surface area (Å²) in [4.78, 5) is 59.6. The van der Waals surface area contributed by atoms with Crippen LogP contribution in [-0.4, -0.2) is 98.0 Å². The molecule has 12 nitrogen and oxygen atoms in total. The maximum absolute atomic E-state index is 14.8. The maximum atomic E-state index is 14.8. The number of carbonyl (C=O) groups is 4. The second-order valence-corrected chi connectivity index (χ2v) is 12.4. The summed E-state index contributed by atoms with van der Waals surface area (Å²) in [6.45, 7) is 0.110. The zero-order chi connectivity index (χ0) is 33.8. The third kappa shape index (κ3) is 6.11. The summed E-state index contributed by atoms with van der Waals surface area (Å²) in [6.07, 6.45) is 6.15. The van der Waals surface area contributed by atoms with Gasteiger partial charge in [-0.1, -0.05) is 54.6 Å². The lowest BCUT2D eigenvalue weighted by Crippen LogP contribution is -2.56. The van der Waals surface area contributed by atoms with Crippen molar-refractivity contribution in [3.8, 4) is 5.75 Å². The van der Waals surface area contributed by atoms with Gasteiger partial charge in [-0.05, 0) is 42.7 Å². The minimum Gasteiger partial charge on any atom is -0.497 e. The molecule has 0 saturated carbocycles. The quantitative estimate of drug-likeness (QED) is 0.322. The number of nitrogens with one attached hydrogen (secondary N) is 1. The number of allylic oxidation sites excluding steroid dienone is 1. The Bertz CT molecular complexity index is 1560. The van der Waals surface area contributed by atoms with Gasteiger partial charge in [0, 0.05) is 38.9 Å². The number of rotatable bonds is 8. The van der Waals surface area contributed by atoms with E-state index in [4.69, 9.17) is 18.9 Å². The Balaban J connectivity index is 1.44. The van der Waals surface area contributed by atoms with Crippen molar-refractivity contribution in [2.75, 3.05) is 45.4 Å². The first-order chi connectivity index (χ1) is 23.3. The van der Waals surface area contributed by atoms with Crippen LogP contribution >= 0.6 is 0 Å². The van der Waals surface area contributed by atoms with Crippen LogP contribution in [0.25, 0.3) is 0 Å². The standard InChI is InChI=1S/C36H41N3O9/c1-45-22-26-31(23-10-5-3-6-11-23)47-35(44)29-27-17-18-36(48-27)30(29)33(42)39(20-9-21-40)32(36)34(43)38(19-8-4-7-12-28(41)37-26)24-13-15-25(46-2)16-14-24/h3-6,8,10-11,13-18,26-27,29-32,40H,7,9,12,19-22H2,1-2H3,(H,37,41)/b8-4-/t26-,27+,29-,30-,31-,32+,36-/m1/s1. The summed E-state index contributed by atoms with van der Waals surface area (Å²) in [7, 11) is 3.06. The van der Waals surface area contributed by atoms with Gasteiger partial charge < -0.3 is 39.2 Å². The van der Waals surface area contributed by atoms with Crippen molar-refractivity contribution in [3.63, 3.8) is 0 Å². The second kappa shape index (κ2) is 14.3. The van der Waals surface area contributed by atoms with Crippen LogP contribution in [0.5, 0.6) is 5.75 Å². The van der Waals surface area contributed by atoms with E-state index in [1.165, 1.54) is 12.0 Å². The Morgan fingerprint density at radius 2 is 1.77 bits per heavy atom. The molecule has 0 aromatic heterocycles. The fourth-order valence-electron chi connectivity index (χ4n) is 7.34. The molecule has 0 unspecified atom stereocenters. The number of nitrogens with zero attached hydrogens (tertiary/aromatic N) is 2. The number of carbonyl (C=O) groups excluding carboxylic acids is 4. The number of anilines is 1. The van der Waals surface area contributed by atoms with Gasteiger partial charge in [0.25, 0.3) is 5.91 Å². The van der Waals surface area contributed by atoms with E-state index in [9.17, 15) is 24.3 Å². The number of fused-ring (bicyclic) bond motifs is 2. The molecule has 2 fully saturated rings. The Kier molecular flexibility index (Phi) is 9.95. The zero-order valence-corrected chi connectivity index (χ0v) is 27.0. The molecule has 2 aromatic rings. The van der Waals surface area contributed by atoms with E-state index in [0.29, 0.717) is 23.4 Å². The fourth-order valence-corrected chi connectivity index (χ4v) is 7.34. The third-order valence-corrected chi connectivity index (χ3v) is 9.51. The lowest BCUT2D eigenvalue weighted by atomic mass is 9.74. The molecule has 48 heavy (non-hydrogen) atoms. The number of cyclic esters (lactones) is 1. The molecule has 0 aliphatic carbocycles. The highest BCUT2D eigenvalue weighted by atomic mass is 16.6. The summed E-state index contributed by atoms with van der Waals surface area (Å²) in [5.74, 6) is -3.23. The molecule has 3 amide bonds. The van der Waals surface area contributed by atoms with Gasteiger partial charge in [-0.25, -0.2) is 0 Å². The lowest BCUT2D eigenvalue weighted by Gasteiger charge is -2.36. The first kappa shape index (κ1) is 33.4. The number of aliphatic hydroxyl groups excluding tert-OH is 1. The van der Waals surface area contributed by atoms with Crippen LogP contribution in [-0.2, 0) is 33.4 Å². The van der Waals surface area contributed by atoms with Crippen LogP contribution in [0.2, 0.25) is 0 Å². The first-order valence-corrected chi connectivity index (χ1v) is 16.3. The molecular formula is C36H41N3O9. The van der Waals surface area contributed by atoms with Crippen molar-refractivity contribution in [2.24, 2.45) is 11.8 Å². The van der Waals surface area contributed by atoms with E-state index < -0.39 is 59.5 Å². The number of esters is 1. The van der Waals surface area contributed by atoms with Gasteiger partial charge in [-0.3, -0.25) is 19.2 Å². The van der Waals surface area contributed by atoms with Crippen LogP contribution in [0.4, 0.5) is 5.69 Å². The van der Waals surface area contributed by atoms with Crippen molar-refractivity contribution in [2.45, 2.75) is 49.2 Å². The normalized spacial score (nSPS) is 31.1. The number of ether oxygens (including phenoxy) is 4. The summed E-state index contributed by atoms with van der Waals surface area (Å²) in [6, 6.07) is 14.2. The molecule has 5 bridgehead atoms. The molecule has 7 atom stereocenters. The van der Waals surface area contributed by atoms with Crippen LogP contribution in [0, 0.1) is 11.8 Å². The topological polar surface area (TPSA) is 144 Å². The zero-order valence-electron chi connectivity index (χ0n) is 27.0. The largest absolute Gasteiger partial charge is 0.497 e. The molecule has 4 heterocycles. The molecule has 4 aliphatic rings. The number of benzene rings is 2. The van der Waals surface area contributed by atoms with Gasteiger partial charge in [0.15, 0.2) is 0 Å².